The Balaban J connectivity index is 2.90. The number of hydrogen-bond donors (Lipinski definition) is 6. The number of rotatable bonds is 12. The lowest BCUT2D eigenvalue weighted by atomic mass is 9.99. The number of carbonyl (C=O) groups is 3. The number of nitrogens with two attached hydrogens (primary N) is 3. The van der Waals surface area contributed by atoms with Gasteiger partial charge < -0.3 is 33.2 Å². The van der Waals surface area contributed by atoms with E-state index in [1.807, 2.05) is 0 Å². The minimum Gasteiger partial charge on any atom is -0.355 e. The molecule has 1 rings (SSSR count). The molecule has 0 fully saturated rings. The largest absolute Gasteiger partial charge is 0.355 e. The molecule has 0 bridgehead atoms. The monoisotopic (exact) mass is 378 g/mol. The minimum absolute atomic E-state index is 0.148. The van der Waals surface area contributed by atoms with Crippen molar-refractivity contribution in [2.45, 2.75) is 19.3 Å². The van der Waals surface area contributed by atoms with Crippen LogP contribution in [0.1, 0.15) is 16.7 Å². The molecule has 0 aliphatic carbocycles. The number of benzene rings is 1. The van der Waals surface area contributed by atoms with Gasteiger partial charge in [0, 0.05) is 39.3 Å². The molecule has 0 radical (unpaired) electrons. The summed E-state index contributed by atoms with van der Waals surface area (Å²) in [6.07, 6.45) is 0.445. The van der Waals surface area contributed by atoms with Crippen molar-refractivity contribution in [1.29, 1.82) is 0 Å². The van der Waals surface area contributed by atoms with Gasteiger partial charge in [-0.05, 0) is 16.7 Å². The molecule has 3 amide bonds. The first-order valence-corrected chi connectivity index (χ1v) is 9.00. The standard InChI is InChI=1S/C18H30N6O3/c19-1-4-22-16(25)10-13-7-14(11-17(26)23-5-2-20)9-15(8-13)12-18(27)24-6-3-21/h7-9H,1-6,10-12,19-21H2,(H,22,25)(H,23,26)(H,24,27). The molecule has 1 aromatic rings. The molecule has 0 aromatic heterocycles. The van der Waals surface area contributed by atoms with Gasteiger partial charge in [-0.25, -0.2) is 0 Å². The average Bonchev–Trinajstić information content (AvgIpc) is 2.62. The van der Waals surface area contributed by atoms with Gasteiger partial charge in [-0.2, -0.15) is 0 Å². The van der Waals surface area contributed by atoms with Crippen LogP contribution in [0.2, 0.25) is 0 Å². The Kier molecular flexibility index (Phi) is 10.7. The first-order valence-electron chi connectivity index (χ1n) is 9.00. The molecule has 0 heterocycles. The Morgan fingerprint density at radius 3 is 1.07 bits per heavy atom. The predicted octanol–water partition coefficient (Wildman–Crippen LogP) is -2.46. The maximum absolute atomic E-state index is 12.0. The van der Waals surface area contributed by atoms with Gasteiger partial charge in [0.1, 0.15) is 0 Å². The zero-order valence-corrected chi connectivity index (χ0v) is 15.6. The van der Waals surface area contributed by atoms with Gasteiger partial charge in [0.25, 0.3) is 0 Å². The zero-order valence-electron chi connectivity index (χ0n) is 15.6. The Bertz CT molecular complexity index is 537. The highest BCUT2D eigenvalue weighted by Gasteiger charge is 2.11. The van der Waals surface area contributed by atoms with Crippen LogP contribution in [0, 0.1) is 0 Å². The lowest BCUT2D eigenvalue weighted by Crippen LogP contribution is -2.31. The molecule has 150 valence electrons. The molecule has 1 aromatic carbocycles. The highest BCUT2D eigenvalue weighted by molar-refractivity contribution is 5.81. The van der Waals surface area contributed by atoms with Crippen LogP contribution in [0.4, 0.5) is 0 Å². The highest BCUT2D eigenvalue weighted by atomic mass is 16.2. The topological polar surface area (TPSA) is 165 Å². The van der Waals surface area contributed by atoms with E-state index >= 15 is 0 Å². The number of nitrogens with one attached hydrogen (secondary N) is 3. The molecular weight excluding hydrogens is 348 g/mol. The SMILES string of the molecule is NCCNC(=O)Cc1cc(CC(=O)NCCN)cc(CC(=O)NCCN)c1. The Morgan fingerprint density at radius 1 is 0.593 bits per heavy atom. The molecule has 0 saturated heterocycles. The Morgan fingerprint density at radius 2 is 0.852 bits per heavy atom. The van der Waals surface area contributed by atoms with E-state index in [9.17, 15) is 14.4 Å². The first kappa shape index (κ1) is 22.6. The van der Waals surface area contributed by atoms with Crippen LogP contribution in [0.5, 0.6) is 0 Å². The van der Waals surface area contributed by atoms with Crippen molar-refractivity contribution >= 4 is 17.7 Å². The van der Waals surface area contributed by atoms with Crippen LogP contribution in [-0.4, -0.2) is 57.0 Å². The molecule has 9 N–H and O–H groups in total. The summed E-state index contributed by atoms with van der Waals surface area (Å²) in [6.45, 7) is 2.27. The van der Waals surface area contributed by atoms with Crippen molar-refractivity contribution in [3.8, 4) is 0 Å². The van der Waals surface area contributed by atoms with E-state index < -0.39 is 0 Å². The van der Waals surface area contributed by atoms with Crippen molar-refractivity contribution in [1.82, 2.24) is 16.0 Å². The van der Waals surface area contributed by atoms with Crippen molar-refractivity contribution < 1.29 is 14.4 Å². The van der Waals surface area contributed by atoms with Crippen LogP contribution in [0.15, 0.2) is 18.2 Å². The van der Waals surface area contributed by atoms with Gasteiger partial charge in [-0.15, -0.1) is 0 Å². The minimum atomic E-state index is -0.163. The van der Waals surface area contributed by atoms with Crippen LogP contribution < -0.4 is 33.2 Å². The van der Waals surface area contributed by atoms with E-state index in [4.69, 9.17) is 17.2 Å². The van der Waals surface area contributed by atoms with E-state index in [1.54, 1.807) is 18.2 Å². The first-order chi connectivity index (χ1) is 13.0. The third kappa shape index (κ3) is 9.69. The van der Waals surface area contributed by atoms with Gasteiger partial charge in [-0.1, -0.05) is 18.2 Å². The van der Waals surface area contributed by atoms with E-state index in [-0.39, 0.29) is 37.0 Å². The van der Waals surface area contributed by atoms with Gasteiger partial charge in [0.05, 0.1) is 19.3 Å². The Labute approximate surface area is 159 Å². The summed E-state index contributed by atoms with van der Waals surface area (Å²) in [5, 5.41) is 8.12. The molecule has 0 unspecified atom stereocenters. The van der Waals surface area contributed by atoms with Gasteiger partial charge in [-0.3, -0.25) is 14.4 Å². The molecule has 27 heavy (non-hydrogen) atoms. The normalized spacial score (nSPS) is 10.3. The Hall–Kier alpha value is -2.49. The van der Waals surface area contributed by atoms with E-state index in [2.05, 4.69) is 16.0 Å². The van der Waals surface area contributed by atoms with Gasteiger partial charge >= 0.3 is 0 Å². The van der Waals surface area contributed by atoms with Crippen LogP contribution in [-0.2, 0) is 33.6 Å². The highest BCUT2D eigenvalue weighted by Crippen LogP contribution is 2.13. The summed E-state index contributed by atoms with van der Waals surface area (Å²) in [6, 6.07) is 5.39. The summed E-state index contributed by atoms with van der Waals surface area (Å²) in [5.74, 6) is -0.490. The molecule has 0 aliphatic heterocycles. The smallest absolute Gasteiger partial charge is 0.224 e. The van der Waals surface area contributed by atoms with Crippen LogP contribution >= 0.6 is 0 Å². The van der Waals surface area contributed by atoms with Gasteiger partial charge in [0.2, 0.25) is 17.7 Å². The van der Waals surface area contributed by atoms with Crippen LogP contribution in [0.25, 0.3) is 0 Å². The van der Waals surface area contributed by atoms with E-state index in [0.29, 0.717) is 39.3 Å². The summed E-state index contributed by atoms with van der Waals surface area (Å²) < 4.78 is 0. The zero-order chi connectivity index (χ0) is 20.1. The molecule has 9 heteroatoms. The third-order valence-electron chi connectivity index (χ3n) is 3.61. The number of amides is 3. The van der Waals surface area contributed by atoms with Crippen molar-refractivity contribution in [2.24, 2.45) is 17.2 Å². The van der Waals surface area contributed by atoms with Gasteiger partial charge in [0.15, 0.2) is 0 Å². The van der Waals surface area contributed by atoms with E-state index in [0.717, 1.165) is 16.7 Å². The summed E-state index contributed by atoms with van der Waals surface area (Å²) in [7, 11) is 0. The summed E-state index contributed by atoms with van der Waals surface area (Å²) in [5.41, 5.74) is 18.4. The molecule has 0 saturated carbocycles. The van der Waals surface area contributed by atoms with Crippen molar-refractivity contribution in [3.05, 3.63) is 34.9 Å². The third-order valence-corrected chi connectivity index (χ3v) is 3.61. The lowest BCUT2D eigenvalue weighted by Gasteiger charge is -2.11. The van der Waals surface area contributed by atoms with Crippen LogP contribution in [0.3, 0.4) is 0 Å². The fraction of sp³-hybridized carbons (Fsp3) is 0.500. The summed E-state index contributed by atoms with van der Waals surface area (Å²) >= 11 is 0. The van der Waals surface area contributed by atoms with Crippen molar-refractivity contribution in [2.75, 3.05) is 39.3 Å². The molecule has 0 atom stereocenters. The molecule has 0 spiro atoms. The summed E-state index contributed by atoms with van der Waals surface area (Å²) in [4.78, 5) is 35.9. The van der Waals surface area contributed by atoms with Crippen molar-refractivity contribution in [3.63, 3.8) is 0 Å². The predicted molar refractivity (Wildman–Crippen MR) is 104 cm³/mol. The second kappa shape index (κ2) is 12.8. The lowest BCUT2D eigenvalue weighted by molar-refractivity contribution is -0.121. The maximum Gasteiger partial charge on any atom is 0.224 e. The van der Waals surface area contributed by atoms with E-state index in [1.165, 1.54) is 0 Å². The number of carbonyl (C=O) groups excluding carboxylic acids is 3. The second-order valence-corrected chi connectivity index (χ2v) is 6.10. The fourth-order valence-corrected chi connectivity index (χ4v) is 2.52. The molecular formula is C18H30N6O3. The second-order valence-electron chi connectivity index (χ2n) is 6.10. The maximum atomic E-state index is 12.0. The average molecular weight is 378 g/mol. The molecule has 9 nitrogen and oxygen atoms in total. The quantitative estimate of drug-likeness (QED) is 0.236. The number of hydrogen-bond acceptors (Lipinski definition) is 6. The fourth-order valence-electron chi connectivity index (χ4n) is 2.52. The molecule has 0 aliphatic rings.